The normalized spacial score (nSPS) is 17.0. The maximum absolute atomic E-state index is 2.73. The van der Waals surface area contributed by atoms with Gasteiger partial charge in [0, 0.05) is 27.4 Å². The quantitative estimate of drug-likeness (QED) is 0.164. The maximum atomic E-state index is 2.73. The van der Waals surface area contributed by atoms with Gasteiger partial charge in [-0.2, -0.15) is 0 Å². The molecule has 9 rings (SSSR count). The first-order chi connectivity index (χ1) is 28.2. The summed E-state index contributed by atoms with van der Waals surface area (Å²) >= 11 is 2.03. The van der Waals surface area contributed by atoms with Gasteiger partial charge in [0.15, 0.2) is 0 Å². The molecule has 0 spiro atoms. The predicted molar refractivity (Wildman–Crippen MR) is 275 cm³/mol. The first kappa shape index (κ1) is 42.3. The van der Waals surface area contributed by atoms with E-state index in [1.165, 1.54) is 111 Å². The van der Waals surface area contributed by atoms with Gasteiger partial charge >= 0.3 is 0 Å². The summed E-state index contributed by atoms with van der Waals surface area (Å²) in [5.74, 6) is 0. The first-order valence-electron chi connectivity index (χ1n) is 22.9. The Balaban J connectivity index is 1.46. The van der Waals surface area contributed by atoms with Crippen LogP contribution in [0.25, 0.3) is 10.1 Å². The van der Waals surface area contributed by atoms with Crippen LogP contribution in [0.2, 0.25) is 19.6 Å². The van der Waals surface area contributed by atoms with Crippen LogP contribution in [0.5, 0.6) is 0 Å². The molecule has 316 valence electrons. The number of fused-ring (bicyclic) bond motifs is 7. The van der Waals surface area contributed by atoms with Crippen molar-refractivity contribution in [1.29, 1.82) is 0 Å². The van der Waals surface area contributed by atoms with Crippen LogP contribution in [0.3, 0.4) is 0 Å². The highest BCUT2D eigenvalue weighted by Crippen LogP contribution is 2.52. The van der Waals surface area contributed by atoms with Crippen LogP contribution in [-0.2, 0) is 27.1 Å². The van der Waals surface area contributed by atoms with E-state index in [-0.39, 0.29) is 33.8 Å². The van der Waals surface area contributed by atoms with Crippen LogP contribution < -0.4 is 31.4 Å². The third kappa shape index (κ3) is 6.78. The van der Waals surface area contributed by atoms with Gasteiger partial charge in [0.05, 0.1) is 18.8 Å². The molecule has 5 aromatic carbocycles. The number of aryl methyl sites for hydroxylation is 1. The molecule has 1 aliphatic carbocycles. The number of nitrogens with zero attached hydrogens (tertiary/aromatic N) is 2. The van der Waals surface area contributed by atoms with E-state index in [2.05, 4.69) is 211 Å². The van der Waals surface area contributed by atoms with Crippen molar-refractivity contribution in [1.82, 2.24) is 0 Å². The number of hydrogen-bond acceptors (Lipinski definition) is 3. The Morgan fingerprint density at radius 3 is 1.66 bits per heavy atom. The Hall–Kier alpha value is -4.06. The third-order valence-electron chi connectivity index (χ3n) is 14.7. The molecule has 6 aromatic rings. The zero-order valence-electron chi connectivity index (χ0n) is 40.4. The van der Waals surface area contributed by atoms with Crippen molar-refractivity contribution in [2.45, 2.75) is 156 Å². The molecule has 5 heteroatoms. The van der Waals surface area contributed by atoms with Gasteiger partial charge in [-0.05, 0) is 151 Å². The summed E-state index contributed by atoms with van der Waals surface area (Å²) in [6.07, 6.45) is 2.41. The van der Waals surface area contributed by atoms with Gasteiger partial charge in [0.1, 0.15) is 0 Å². The molecule has 0 bridgehead atoms. The number of hydrogen-bond donors (Lipinski definition) is 0. The Labute approximate surface area is 373 Å². The highest BCUT2D eigenvalue weighted by atomic mass is 32.1. The lowest BCUT2D eigenvalue weighted by atomic mass is 9.33. The molecule has 0 unspecified atom stereocenters. The van der Waals surface area contributed by atoms with Gasteiger partial charge in [0.25, 0.3) is 6.71 Å². The van der Waals surface area contributed by atoms with Gasteiger partial charge < -0.3 is 9.80 Å². The summed E-state index contributed by atoms with van der Waals surface area (Å²) in [6, 6.07) is 34.8. The fourth-order valence-corrected chi connectivity index (χ4v) is 12.9. The molecule has 3 heterocycles. The van der Waals surface area contributed by atoms with Gasteiger partial charge in [-0.3, -0.25) is 0 Å². The van der Waals surface area contributed by atoms with E-state index < -0.39 is 8.07 Å². The largest absolute Gasteiger partial charge is 0.311 e. The summed E-state index contributed by atoms with van der Waals surface area (Å²) in [5.41, 5.74) is 19.7. The van der Waals surface area contributed by atoms with Crippen LogP contribution in [0.4, 0.5) is 33.4 Å². The van der Waals surface area contributed by atoms with Gasteiger partial charge in [0.2, 0.25) is 0 Å². The zero-order valence-corrected chi connectivity index (χ0v) is 42.2. The lowest BCUT2D eigenvalue weighted by molar-refractivity contribution is 0.332. The molecule has 0 saturated carbocycles. The van der Waals surface area contributed by atoms with Crippen molar-refractivity contribution in [2.24, 2.45) is 0 Å². The monoisotopic (exact) mass is 841 g/mol. The molecule has 2 nitrogen and oxygen atoms in total. The topological polar surface area (TPSA) is 6.48 Å². The molecule has 0 atom stereocenters. The lowest BCUT2D eigenvalue weighted by Crippen LogP contribution is -2.62. The minimum Gasteiger partial charge on any atom is -0.311 e. The maximum Gasteiger partial charge on any atom is 0.254 e. The van der Waals surface area contributed by atoms with Crippen LogP contribution in [0, 0.1) is 6.92 Å². The summed E-state index contributed by atoms with van der Waals surface area (Å²) in [4.78, 5) is 5.37. The van der Waals surface area contributed by atoms with Crippen LogP contribution in [0.1, 0.15) is 136 Å². The van der Waals surface area contributed by atoms with Crippen LogP contribution >= 0.6 is 11.3 Å². The Kier molecular flexibility index (Phi) is 9.33. The predicted octanol–water partition coefficient (Wildman–Crippen LogP) is 14.1. The fraction of sp³-hybridized carbons (Fsp3) is 0.429. The van der Waals surface area contributed by atoms with Crippen molar-refractivity contribution in [2.75, 3.05) is 9.80 Å². The summed E-state index contributed by atoms with van der Waals surface area (Å²) < 4.78 is 1.41. The average Bonchev–Trinajstić information content (AvgIpc) is 3.53. The fourth-order valence-electron chi connectivity index (χ4n) is 10.4. The van der Waals surface area contributed by atoms with E-state index in [4.69, 9.17) is 0 Å². The van der Waals surface area contributed by atoms with Crippen molar-refractivity contribution in [3.8, 4) is 0 Å². The Morgan fingerprint density at radius 1 is 0.557 bits per heavy atom. The Bertz CT molecular complexity index is 2760. The number of anilines is 6. The molecule has 0 saturated heterocycles. The number of rotatable bonds is 3. The van der Waals surface area contributed by atoms with Crippen LogP contribution in [-0.4, -0.2) is 14.8 Å². The number of benzene rings is 5. The second kappa shape index (κ2) is 13.5. The standard InChI is InChI=1S/C56H69BN2SSi/c1-34-18-19-37(54(8,9)10)29-45(34)59-47-31-39(61(15,16)17)30-46-50(47)57(49-40-32-41-42(33-48(40)60-51(49)59)56(13,14)27-26-55(41,11)12)43-28-36(53(5,6)7)22-25-44(43)58(46)38-23-20-35(21-24-38)52(2,3)4/h18-25,28-33H,26-27H2,1-17H3. The third-order valence-corrected chi connectivity index (χ3v) is 17.9. The molecule has 0 N–H and O–H groups in total. The van der Waals surface area contributed by atoms with Gasteiger partial charge in [-0.1, -0.05) is 151 Å². The lowest BCUT2D eigenvalue weighted by Gasteiger charge is -2.45. The van der Waals surface area contributed by atoms with Crippen molar-refractivity contribution in [3.05, 3.63) is 118 Å². The van der Waals surface area contributed by atoms with Crippen molar-refractivity contribution in [3.63, 3.8) is 0 Å². The van der Waals surface area contributed by atoms with Crippen molar-refractivity contribution >= 4 is 91.2 Å². The molecule has 0 radical (unpaired) electrons. The van der Waals surface area contributed by atoms with Gasteiger partial charge in [-0.15, -0.1) is 11.3 Å². The van der Waals surface area contributed by atoms with E-state index in [1.54, 1.807) is 0 Å². The molecule has 3 aliphatic rings. The Morgan fingerprint density at radius 2 is 1.08 bits per heavy atom. The smallest absolute Gasteiger partial charge is 0.254 e. The highest BCUT2D eigenvalue weighted by Gasteiger charge is 2.48. The SMILES string of the molecule is Cc1ccc(C(C)(C)C)cc1N1c2cc([Si](C)(C)C)cc3c2B(c2cc(C(C)(C)C)ccc2N3c2ccc(C(C)(C)C)cc2)c2c1sc1cc3c(cc21)C(C)(C)CCC3(C)C. The molecule has 0 fully saturated rings. The van der Waals surface area contributed by atoms with Crippen molar-refractivity contribution < 1.29 is 0 Å². The van der Waals surface area contributed by atoms with E-state index in [9.17, 15) is 0 Å². The number of thiophene rings is 1. The molecule has 0 amide bonds. The second-order valence-corrected chi connectivity index (χ2v) is 30.4. The summed E-state index contributed by atoms with van der Waals surface area (Å²) in [6.45, 7) is 41.0. The zero-order chi connectivity index (χ0) is 44.1. The highest BCUT2D eigenvalue weighted by molar-refractivity contribution is 7.26. The second-order valence-electron chi connectivity index (χ2n) is 24.3. The molecule has 2 aliphatic heterocycles. The molecular formula is C56H69BN2SSi. The molecule has 61 heavy (non-hydrogen) atoms. The van der Waals surface area contributed by atoms with E-state index in [0.717, 1.165) is 0 Å². The average molecular weight is 841 g/mol. The minimum absolute atomic E-state index is 0.00154. The van der Waals surface area contributed by atoms with E-state index in [1.807, 2.05) is 11.3 Å². The van der Waals surface area contributed by atoms with Gasteiger partial charge in [-0.25, -0.2) is 0 Å². The van der Waals surface area contributed by atoms with E-state index in [0.29, 0.717) is 0 Å². The summed E-state index contributed by atoms with van der Waals surface area (Å²) in [5, 5.41) is 4.31. The molecule has 1 aromatic heterocycles. The minimum atomic E-state index is -1.84. The summed E-state index contributed by atoms with van der Waals surface area (Å²) in [7, 11) is -1.84. The molecular weight excluding hydrogens is 772 g/mol. The van der Waals surface area contributed by atoms with Crippen LogP contribution in [0.15, 0.2) is 84.9 Å². The first-order valence-corrected chi connectivity index (χ1v) is 27.2. The van der Waals surface area contributed by atoms with E-state index >= 15 is 0 Å².